The van der Waals surface area contributed by atoms with E-state index < -0.39 is 17.9 Å². The van der Waals surface area contributed by atoms with Crippen LogP contribution in [0, 0.1) is 0 Å². The number of benzene rings is 2. The Kier molecular flexibility index (Phi) is 6.58. The number of nitrogens with zero attached hydrogens (tertiary/aromatic N) is 1. The van der Waals surface area contributed by atoms with E-state index in [1.54, 1.807) is 0 Å². The van der Waals surface area contributed by atoms with Crippen LogP contribution in [0.4, 0.5) is 5.69 Å². The van der Waals surface area contributed by atoms with Gasteiger partial charge in [0.15, 0.2) is 0 Å². The van der Waals surface area contributed by atoms with E-state index in [1.165, 1.54) is 22.4 Å². The first-order valence-electron chi connectivity index (χ1n) is 8.72. The van der Waals surface area contributed by atoms with Crippen LogP contribution in [0.25, 0.3) is 0 Å². The van der Waals surface area contributed by atoms with Gasteiger partial charge >= 0.3 is 156 Å². The van der Waals surface area contributed by atoms with E-state index in [1.807, 2.05) is 0 Å². The van der Waals surface area contributed by atoms with Crippen molar-refractivity contribution in [2.45, 2.75) is 58.8 Å². The topological polar surface area (TPSA) is 12.4 Å². The maximum absolute atomic E-state index is 5.13. The van der Waals surface area contributed by atoms with Crippen molar-refractivity contribution in [2.75, 3.05) is 0 Å². The van der Waals surface area contributed by atoms with E-state index in [2.05, 4.69) is 94.5 Å². The van der Waals surface area contributed by atoms with Gasteiger partial charge in [0.05, 0.1) is 0 Å². The summed E-state index contributed by atoms with van der Waals surface area (Å²) in [6.07, 6.45) is 0. The van der Waals surface area contributed by atoms with Gasteiger partial charge in [0, 0.05) is 0 Å². The third-order valence-electron chi connectivity index (χ3n) is 4.35. The van der Waals surface area contributed by atoms with Crippen molar-refractivity contribution >= 4 is 10.1 Å². The molecule has 0 amide bonds. The average Bonchev–Trinajstić information content (AvgIpc) is 2.55. The number of hydrogen-bond donors (Lipinski definition) is 0. The van der Waals surface area contributed by atoms with E-state index in [9.17, 15) is 0 Å². The molecule has 128 valence electrons. The van der Waals surface area contributed by atoms with Crippen molar-refractivity contribution in [3.8, 4) is 0 Å². The van der Waals surface area contributed by atoms with Crippen LogP contribution in [0.15, 0.2) is 52.0 Å². The molecule has 0 heterocycles. The van der Waals surface area contributed by atoms with E-state index in [-0.39, 0.29) is 5.41 Å². The molecule has 0 saturated heterocycles. The summed E-state index contributed by atoms with van der Waals surface area (Å²) in [7, 11) is 0. The quantitative estimate of drug-likeness (QED) is 0.498. The predicted molar refractivity (Wildman–Crippen MR) is 102 cm³/mol. The summed E-state index contributed by atoms with van der Waals surface area (Å²) in [6.45, 7) is 13.6. The van der Waals surface area contributed by atoms with Gasteiger partial charge in [-0.2, -0.15) is 0 Å². The molecule has 0 aliphatic carbocycles. The number of rotatable bonds is 5. The van der Waals surface area contributed by atoms with Crippen molar-refractivity contribution in [3.63, 3.8) is 0 Å². The Bertz CT molecular complexity index is 710. The zero-order valence-corrected chi connectivity index (χ0v) is 17.7. The van der Waals surface area contributed by atoms with E-state index in [4.69, 9.17) is 3.50 Å². The summed E-state index contributed by atoms with van der Waals surface area (Å²) in [6, 6.07) is 17.4. The van der Waals surface area contributed by atoms with Crippen molar-refractivity contribution < 1.29 is 17.9 Å². The fourth-order valence-electron chi connectivity index (χ4n) is 2.76. The van der Waals surface area contributed by atoms with E-state index in [0.717, 1.165) is 0 Å². The molecular weight excluding hydrogens is 374 g/mol. The average molecular weight is 403 g/mol. The maximum atomic E-state index is 5.13. The fraction of sp³-hybridized carbons (Fsp3) is 0.409. The summed E-state index contributed by atoms with van der Waals surface area (Å²) in [4.78, 5) is 0. The summed E-state index contributed by atoms with van der Waals surface area (Å²) < 4.78 is 7.59. The molecule has 0 fully saturated rings. The molecule has 24 heavy (non-hydrogen) atoms. The Morgan fingerprint density at radius 2 is 1.38 bits per heavy atom. The molecule has 0 aliphatic heterocycles. The molecular formula is C22H29MoN. The molecule has 0 N–H and O–H groups in total. The first-order chi connectivity index (χ1) is 11.3. The molecule has 2 aromatic rings. The Labute approximate surface area is 155 Å². The second kappa shape index (κ2) is 8.25. The van der Waals surface area contributed by atoms with Crippen molar-refractivity contribution in [3.05, 3.63) is 65.2 Å². The van der Waals surface area contributed by atoms with E-state index in [0.29, 0.717) is 11.8 Å². The summed E-state index contributed by atoms with van der Waals surface area (Å²) in [5, 5.41) is 0. The SMILES string of the molecule is CC(C)c1cccc(C(C)C)c1[N]=[Mo]=[CH]C(C)(C)c1ccccc1. The van der Waals surface area contributed by atoms with Crippen LogP contribution in [-0.4, -0.2) is 4.40 Å². The molecule has 0 atom stereocenters. The molecule has 2 heteroatoms. The second-order valence-electron chi connectivity index (χ2n) is 7.50. The summed E-state index contributed by atoms with van der Waals surface area (Å²) >= 11 is -0.553. The fourth-order valence-corrected chi connectivity index (χ4v) is 4.65. The molecule has 0 radical (unpaired) electrons. The molecule has 0 aliphatic rings. The molecule has 0 bridgehead atoms. The number of hydrogen-bond acceptors (Lipinski definition) is 1. The molecule has 1 nitrogen and oxygen atoms in total. The van der Waals surface area contributed by atoms with Crippen LogP contribution in [0.2, 0.25) is 0 Å². The third kappa shape index (κ3) is 4.67. The van der Waals surface area contributed by atoms with Gasteiger partial charge < -0.3 is 0 Å². The van der Waals surface area contributed by atoms with Crippen LogP contribution >= 0.6 is 0 Å². The molecule has 2 aromatic carbocycles. The van der Waals surface area contributed by atoms with Crippen molar-refractivity contribution in [1.82, 2.24) is 0 Å². The Morgan fingerprint density at radius 1 is 0.833 bits per heavy atom. The van der Waals surface area contributed by atoms with Crippen LogP contribution in [0.3, 0.4) is 0 Å². The van der Waals surface area contributed by atoms with Crippen molar-refractivity contribution in [1.29, 1.82) is 0 Å². The third-order valence-corrected chi connectivity index (χ3v) is 6.77. The monoisotopic (exact) mass is 405 g/mol. The van der Waals surface area contributed by atoms with Gasteiger partial charge in [0.1, 0.15) is 0 Å². The predicted octanol–water partition coefficient (Wildman–Crippen LogP) is 6.61. The van der Waals surface area contributed by atoms with Crippen LogP contribution < -0.4 is 0 Å². The van der Waals surface area contributed by atoms with Gasteiger partial charge in [-0.15, -0.1) is 0 Å². The van der Waals surface area contributed by atoms with Crippen LogP contribution in [-0.2, 0) is 23.3 Å². The second-order valence-corrected chi connectivity index (χ2v) is 9.04. The first kappa shape index (κ1) is 19.1. The molecule has 0 spiro atoms. The van der Waals surface area contributed by atoms with Gasteiger partial charge in [-0.05, 0) is 0 Å². The Morgan fingerprint density at radius 3 is 1.88 bits per heavy atom. The van der Waals surface area contributed by atoms with Gasteiger partial charge in [0.2, 0.25) is 0 Å². The van der Waals surface area contributed by atoms with Gasteiger partial charge in [-0.1, -0.05) is 0 Å². The van der Waals surface area contributed by atoms with Crippen molar-refractivity contribution in [2.24, 2.45) is 3.50 Å². The summed E-state index contributed by atoms with van der Waals surface area (Å²) in [5.74, 6) is 1.02. The Hall–Kier alpha value is -1.20. The molecule has 0 aromatic heterocycles. The van der Waals surface area contributed by atoms with Gasteiger partial charge in [0.25, 0.3) is 0 Å². The first-order valence-corrected chi connectivity index (χ1v) is 10.8. The minimum atomic E-state index is -0.553. The normalized spacial score (nSPS) is 11.7. The zero-order valence-electron chi connectivity index (χ0n) is 15.7. The van der Waals surface area contributed by atoms with Crippen LogP contribution in [0.1, 0.15) is 70.1 Å². The zero-order chi connectivity index (χ0) is 17.7. The molecule has 0 unspecified atom stereocenters. The van der Waals surface area contributed by atoms with Gasteiger partial charge in [-0.3, -0.25) is 0 Å². The molecule has 2 rings (SSSR count). The minimum absolute atomic E-state index is 0.0811. The van der Waals surface area contributed by atoms with Gasteiger partial charge in [-0.25, -0.2) is 0 Å². The Balaban J connectivity index is 2.44. The van der Waals surface area contributed by atoms with Crippen LogP contribution in [0.5, 0.6) is 0 Å². The standard InChI is InChI=1S/C12H17N.C10H12.Mo/c1-8(2)10-6-5-7-11(9(3)4)12(10)13;1-10(2,3)9-7-5-4-6-8-9;/h5-9H,1-4H3;1,4-8H,2-3H3;. The molecule has 0 saturated carbocycles. The summed E-state index contributed by atoms with van der Waals surface area (Å²) in [5.41, 5.74) is 5.48. The van der Waals surface area contributed by atoms with E-state index >= 15 is 0 Å².